The van der Waals surface area contributed by atoms with Crippen molar-refractivity contribution in [2.75, 3.05) is 13.2 Å². The second-order valence-corrected chi connectivity index (χ2v) is 4.45. The van der Waals surface area contributed by atoms with Crippen LogP contribution in [0.3, 0.4) is 0 Å². The Hall–Kier alpha value is 0.157. The summed E-state index contributed by atoms with van der Waals surface area (Å²) in [7, 11) is -1.21. The quantitative estimate of drug-likeness (QED) is 0.506. The summed E-state index contributed by atoms with van der Waals surface area (Å²) in [6, 6.07) is 0.689. The molecule has 0 atom stereocenters. The van der Waals surface area contributed by atoms with Crippen molar-refractivity contribution in [2.24, 2.45) is 0 Å². The summed E-state index contributed by atoms with van der Waals surface area (Å²) in [6.45, 7) is 5.14. The second kappa shape index (κ2) is 7.79. The van der Waals surface area contributed by atoms with Gasteiger partial charge in [-0.15, -0.1) is 12.6 Å². The molecule has 0 fully saturated rings. The molecule has 0 rings (SSSR count). The van der Waals surface area contributed by atoms with Gasteiger partial charge in [0.15, 0.2) is 5.12 Å². The van der Waals surface area contributed by atoms with E-state index in [1.807, 2.05) is 13.8 Å². The molecule has 0 saturated carbocycles. The van der Waals surface area contributed by atoms with Crippen molar-refractivity contribution in [3.8, 4) is 0 Å². The minimum atomic E-state index is -1.21. The zero-order chi connectivity index (χ0) is 9.40. The Kier molecular flexibility index (Phi) is 7.89. The van der Waals surface area contributed by atoms with Crippen LogP contribution in [0.2, 0.25) is 6.04 Å². The van der Waals surface area contributed by atoms with Gasteiger partial charge in [0.05, 0.1) is 0 Å². The topological polar surface area (TPSA) is 35.5 Å². The van der Waals surface area contributed by atoms with E-state index >= 15 is 0 Å². The molecule has 12 heavy (non-hydrogen) atoms. The number of rotatable bonds is 7. The predicted molar refractivity (Wildman–Crippen MR) is 52.4 cm³/mol. The third-order valence-corrected chi connectivity index (χ3v) is 3.26. The van der Waals surface area contributed by atoms with Crippen LogP contribution in [-0.4, -0.2) is 27.6 Å². The lowest BCUT2D eigenvalue weighted by molar-refractivity contribution is -0.110. The molecule has 0 amide bonds. The van der Waals surface area contributed by atoms with Crippen molar-refractivity contribution in [1.82, 2.24) is 0 Å². The SMILES string of the molecule is CCO[Si](CCC(=O)S)OCC. The lowest BCUT2D eigenvalue weighted by Gasteiger charge is -2.11. The van der Waals surface area contributed by atoms with Crippen LogP contribution < -0.4 is 0 Å². The van der Waals surface area contributed by atoms with Crippen LogP contribution in [0.1, 0.15) is 20.3 Å². The molecule has 0 heterocycles. The number of hydrogen-bond acceptors (Lipinski definition) is 3. The van der Waals surface area contributed by atoms with Crippen molar-refractivity contribution in [3.05, 3.63) is 0 Å². The van der Waals surface area contributed by atoms with E-state index in [1.165, 1.54) is 0 Å². The molecule has 0 aromatic carbocycles. The molecule has 0 saturated heterocycles. The van der Waals surface area contributed by atoms with Gasteiger partial charge in [-0.2, -0.15) is 0 Å². The van der Waals surface area contributed by atoms with Crippen LogP contribution in [0.5, 0.6) is 0 Å². The summed E-state index contributed by atoms with van der Waals surface area (Å²) in [5, 5.41) is -0.100. The molecule has 71 valence electrons. The molecule has 0 aliphatic heterocycles. The Morgan fingerprint density at radius 2 is 1.83 bits per heavy atom. The van der Waals surface area contributed by atoms with Gasteiger partial charge in [0.1, 0.15) is 0 Å². The highest BCUT2D eigenvalue weighted by Gasteiger charge is 2.14. The van der Waals surface area contributed by atoms with Crippen molar-refractivity contribution < 1.29 is 13.6 Å². The Morgan fingerprint density at radius 3 is 2.17 bits per heavy atom. The summed E-state index contributed by atoms with van der Waals surface area (Å²) in [5.41, 5.74) is 0. The average Bonchev–Trinajstić information content (AvgIpc) is 2.01. The summed E-state index contributed by atoms with van der Waals surface area (Å²) in [6.07, 6.45) is 0.442. The van der Waals surface area contributed by atoms with E-state index in [1.54, 1.807) is 0 Å². The largest absolute Gasteiger partial charge is 0.394 e. The van der Waals surface area contributed by atoms with Crippen LogP contribution in [0.4, 0.5) is 0 Å². The summed E-state index contributed by atoms with van der Waals surface area (Å²) < 4.78 is 10.7. The molecule has 0 aromatic heterocycles. The molecule has 0 bridgehead atoms. The first kappa shape index (κ1) is 12.2. The zero-order valence-electron chi connectivity index (χ0n) is 7.50. The van der Waals surface area contributed by atoms with Crippen molar-refractivity contribution in [2.45, 2.75) is 26.3 Å². The first-order valence-electron chi connectivity index (χ1n) is 4.03. The van der Waals surface area contributed by atoms with E-state index < -0.39 is 9.28 Å². The summed E-state index contributed by atoms with van der Waals surface area (Å²) in [4.78, 5) is 10.5. The third kappa shape index (κ3) is 6.84. The Morgan fingerprint density at radius 1 is 1.33 bits per heavy atom. The van der Waals surface area contributed by atoms with Gasteiger partial charge in [0, 0.05) is 25.7 Å². The third-order valence-electron chi connectivity index (χ3n) is 1.15. The number of hydrogen-bond donors (Lipinski definition) is 1. The fourth-order valence-electron chi connectivity index (χ4n) is 0.717. The normalized spacial score (nSPS) is 10.7. The summed E-state index contributed by atoms with van der Waals surface area (Å²) >= 11 is 3.68. The Bertz CT molecular complexity index is 126. The lowest BCUT2D eigenvalue weighted by atomic mass is 10.5. The van der Waals surface area contributed by atoms with Crippen LogP contribution in [0.15, 0.2) is 0 Å². The van der Waals surface area contributed by atoms with E-state index in [-0.39, 0.29) is 5.12 Å². The molecule has 0 unspecified atom stereocenters. The van der Waals surface area contributed by atoms with Gasteiger partial charge in [0.2, 0.25) is 0 Å². The number of thiol groups is 1. The fourth-order valence-corrected chi connectivity index (χ4v) is 2.49. The minimum Gasteiger partial charge on any atom is -0.394 e. The zero-order valence-corrected chi connectivity index (χ0v) is 9.39. The lowest BCUT2D eigenvalue weighted by Crippen LogP contribution is -2.23. The van der Waals surface area contributed by atoms with Gasteiger partial charge < -0.3 is 8.85 Å². The maximum Gasteiger partial charge on any atom is 0.385 e. The Labute approximate surface area is 80.7 Å². The van der Waals surface area contributed by atoms with E-state index in [2.05, 4.69) is 12.6 Å². The molecule has 0 spiro atoms. The standard InChI is InChI=1S/C7H15O3SSi/c1-3-9-12(10-4-2)6-5-7(8)11/h3-6H2,1-2H3,(H,8,11). The highest BCUT2D eigenvalue weighted by molar-refractivity contribution is 7.96. The van der Waals surface area contributed by atoms with Crippen molar-refractivity contribution in [3.63, 3.8) is 0 Å². The van der Waals surface area contributed by atoms with E-state index in [4.69, 9.17) is 8.85 Å². The molecule has 5 heteroatoms. The highest BCUT2D eigenvalue weighted by atomic mass is 32.1. The number of carbonyl (C=O) groups excluding carboxylic acids is 1. The smallest absolute Gasteiger partial charge is 0.385 e. The molecule has 1 radical (unpaired) electrons. The highest BCUT2D eigenvalue weighted by Crippen LogP contribution is 2.03. The van der Waals surface area contributed by atoms with Gasteiger partial charge in [0.25, 0.3) is 0 Å². The van der Waals surface area contributed by atoms with E-state index in [0.29, 0.717) is 25.7 Å². The fraction of sp³-hybridized carbons (Fsp3) is 0.857. The second-order valence-electron chi connectivity index (χ2n) is 2.13. The van der Waals surface area contributed by atoms with Crippen LogP contribution in [-0.2, 0) is 13.6 Å². The maximum atomic E-state index is 10.5. The van der Waals surface area contributed by atoms with Crippen LogP contribution in [0, 0.1) is 0 Å². The van der Waals surface area contributed by atoms with E-state index in [0.717, 1.165) is 0 Å². The number of carbonyl (C=O) groups is 1. The molecular weight excluding hydrogens is 192 g/mol. The van der Waals surface area contributed by atoms with Crippen LogP contribution in [0.25, 0.3) is 0 Å². The van der Waals surface area contributed by atoms with Gasteiger partial charge in [-0.05, 0) is 13.8 Å². The van der Waals surface area contributed by atoms with Crippen LogP contribution >= 0.6 is 12.6 Å². The van der Waals surface area contributed by atoms with Gasteiger partial charge >= 0.3 is 9.28 Å². The summed E-state index contributed by atoms with van der Waals surface area (Å²) in [5.74, 6) is 0. The average molecular weight is 207 g/mol. The first-order chi connectivity index (χ1) is 5.70. The molecular formula is C7H15O3SSi. The van der Waals surface area contributed by atoms with Gasteiger partial charge in [-0.3, -0.25) is 4.79 Å². The minimum absolute atomic E-state index is 0.100. The molecule has 3 nitrogen and oxygen atoms in total. The van der Waals surface area contributed by atoms with Crippen molar-refractivity contribution in [1.29, 1.82) is 0 Å². The van der Waals surface area contributed by atoms with Crippen molar-refractivity contribution >= 4 is 27.0 Å². The van der Waals surface area contributed by atoms with Gasteiger partial charge in [-0.25, -0.2) is 0 Å². The molecule has 0 aliphatic carbocycles. The molecule has 0 aliphatic rings. The maximum absolute atomic E-state index is 10.5. The first-order valence-corrected chi connectivity index (χ1v) is 6.01. The Balaban J connectivity index is 3.54. The molecule has 0 aromatic rings. The molecule has 0 N–H and O–H groups in total. The monoisotopic (exact) mass is 207 g/mol. The van der Waals surface area contributed by atoms with E-state index in [9.17, 15) is 4.79 Å². The predicted octanol–water partition coefficient (Wildman–Crippen LogP) is 1.39. The van der Waals surface area contributed by atoms with Gasteiger partial charge in [-0.1, -0.05) is 0 Å².